The Morgan fingerprint density at radius 2 is 1.83 bits per heavy atom. The van der Waals surface area contributed by atoms with Crippen molar-refractivity contribution < 1.29 is 27.5 Å². The Hall–Kier alpha value is -2.14. The second-order valence-corrected chi connectivity index (χ2v) is 3.30. The van der Waals surface area contributed by atoms with Gasteiger partial charge in [0.1, 0.15) is 0 Å². The Morgan fingerprint density at radius 3 is 2.22 bits per heavy atom. The Kier molecular flexibility index (Phi) is 3.88. The molecule has 1 aromatic carbocycles. The summed E-state index contributed by atoms with van der Waals surface area (Å²) in [4.78, 5) is 23.7. The average Bonchev–Trinajstić information content (AvgIpc) is 2.27. The van der Waals surface area contributed by atoms with Crippen LogP contribution in [-0.2, 0) is 20.1 Å². The zero-order valence-electron chi connectivity index (χ0n) is 9.19. The molecule has 1 aromatic rings. The molecule has 18 heavy (non-hydrogen) atoms. The lowest BCUT2D eigenvalue weighted by Gasteiger charge is -2.29. The highest BCUT2D eigenvalue weighted by molar-refractivity contribution is 5.67. The summed E-state index contributed by atoms with van der Waals surface area (Å²) in [6, 6.07) is 6.19. The molecule has 0 aliphatic carbocycles. The summed E-state index contributed by atoms with van der Waals surface area (Å²) >= 11 is 0. The van der Waals surface area contributed by atoms with E-state index in [2.05, 4.69) is 9.73 Å². The normalized spacial score (nSPS) is 14.2. The van der Waals surface area contributed by atoms with Crippen molar-refractivity contribution in [1.29, 1.82) is 0 Å². The standard InChI is InChI=1S/C11H8F3NO3/c1-8(17)18-10(15-7-16,11(12,13)14)9-5-3-2-4-6-9/h2-6H,1H3. The third kappa shape index (κ3) is 2.57. The van der Waals surface area contributed by atoms with Gasteiger partial charge in [-0.05, 0) is 0 Å². The molecule has 96 valence electrons. The summed E-state index contributed by atoms with van der Waals surface area (Å²) in [6.07, 6.45) is -4.28. The van der Waals surface area contributed by atoms with Crippen molar-refractivity contribution in [3.05, 3.63) is 35.9 Å². The first-order valence-electron chi connectivity index (χ1n) is 4.74. The number of benzene rings is 1. The molecule has 0 N–H and O–H groups in total. The number of halogens is 3. The summed E-state index contributed by atoms with van der Waals surface area (Å²) in [5.74, 6) is -1.21. The van der Waals surface area contributed by atoms with E-state index < -0.39 is 23.4 Å². The lowest BCUT2D eigenvalue weighted by molar-refractivity contribution is -0.272. The number of nitrogens with zero attached hydrogens (tertiary/aromatic N) is 1. The molecular weight excluding hydrogens is 251 g/mol. The molecule has 0 radical (unpaired) electrons. The van der Waals surface area contributed by atoms with Crippen molar-refractivity contribution in [2.24, 2.45) is 4.99 Å². The van der Waals surface area contributed by atoms with Crippen LogP contribution < -0.4 is 0 Å². The third-order valence-electron chi connectivity index (χ3n) is 2.04. The van der Waals surface area contributed by atoms with Gasteiger partial charge in [-0.15, -0.1) is 4.99 Å². The number of hydrogen-bond donors (Lipinski definition) is 0. The number of carbonyl (C=O) groups excluding carboxylic acids is 2. The van der Waals surface area contributed by atoms with Gasteiger partial charge in [-0.3, -0.25) is 4.79 Å². The van der Waals surface area contributed by atoms with E-state index in [0.717, 1.165) is 25.1 Å². The van der Waals surface area contributed by atoms with Gasteiger partial charge in [-0.2, -0.15) is 13.2 Å². The van der Waals surface area contributed by atoms with Crippen molar-refractivity contribution in [2.75, 3.05) is 0 Å². The lowest BCUT2D eigenvalue weighted by atomic mass is 10.0. The monoisotopic (exact) mass is 259 g/mol. The fourth-order valence-electron chi connectivity index (χ4n) is 1.37. The van der Waals surface area contributed by atoms with E-state index in [1.54, 1.807) is 0 Å². The molecule has 0 bridgehead atoms. The van der Waals surface area contributed by atoms with Crippen LogP contribution in [0.1, 0.15) is 12.5 Å². The Bertz CT molecular complexity index is 480. The molecule has 1 unspecified atom stereocenters. The smallest absolute Gasteiger partial charge is 0.422 e. The van der Waals surface area contributed by atoms with Gasteiger partial charge in [0, 0.05) is 12.5 Å². The average molecular weight is 259 g/mol. The molecule has 1 rings (SSSR count). The first-order valence-corrected chi connectivity index (χ1v) is 4.74. The van der Waals surface area contributed by atoms with Crippen LogP contribution in [-0.4, -0.2) is 18.2 Å². The van der Waals surface area contributed by atoms with Crippen LogP contribution in [0, 0.1) is 0 Å². The molecule has 0 heterocycles. The van der Waals surface area contributed by atoms with Crippen LogP contribution in [0.4, 0.5) is 13.2 Å². The van der Waals surface area contributed by atoms with Gasteiger partial charge in [-0.25, -0.2) is 4.79 Å². The number of ether oxygens (including phenoxy) is 1. The zero-order valence-corrected chi connectivity index (χ0v) is 9.19. The lowest BCUT2D eigenvalue weighted by Crippen LogP contribution is -2.44. The van der Waals surface area contributed by atoms with E-state index in [1.807, 2.05) is 0 Å². The minimum absolute atomic E-state index is 0.476. The number of rotatable bonds is 3. The molecule has 0 saturated carbocycles. The van der Waals surface area contributed by atoms with Gasteiger partial charge in [0.15, 0.2) is 0 Å². The van der Waals surface area contributed by atoms with Crippen LogP contribution in [0.2, 0.25) is 0 Å². The summed E-state index contributed by atoms with van der Waals surface area (Å²) in [5, 5.41) is 0. The largest absolute Gasteiger partial charge is 0.456 e. The van der Waals surface area contributed by atoms with E-state index in [4.69, 9.17) is 0 Å². The van der Waals surface area contributed by atoms with E-state index in [9.17, 15) is 22.8 Å². The molecule has 7 heteroatoms. The molecule has 0 amide bonds. The SMILES string of the molecule is CC(=O)OC(N=C=O)(c1ccccc1)C(F)(F)F. The Morgan fingerprint density at radius 1 is 1.28 bits per heavy atom. The van der Waals surface area contributed by atoms with Gasteiger partial charge >= 0.3 is 17.9 Å². The summed E-state index contributed by atoms with van der Waals surface area (Å²) in [6.45, 7) is 0.795. The molecule has 0 saturated heterocycles. The second-order valence-electron chi connectivity index (χ2n) is 3.30. The predicted molar refractivity (Wildman–Crippen MR) is 54.1 cm³/mol. The quantitative estimate of drug-likeness (QED) is 0.475. The highest BCUT2D eigenvalue weighted by Crippen LogP contribution is 2.43. The molecule has 0 aromatic heterocycles. The number of alkyl halides is 3. The molecule has 0 spiro atoms. The van der Waals surface area contributed by atoms with Crippen molar-refractivity contribution >= 4 is 12.0 Å². The van der Waals surface area contributed by atoms with E-state index >= 15 is 0 Å². The maximum atomic E-state index is 13.1. The fourth-order valence-corrected chi connectivity index (χ4v) is 1.37. The van der Waals surface area contributed by atoms with Crippen LogP contribution >= 0.6 is 0 Å². The number of carbonyl (C=O) groups is 1. The van der Waals surface area contributed by atoms with Gasteiger partial charge in [-0.1, -0.05) is 30.3 Å². The summed E-state index contributed by atoms with van der Waals surface area (Å²) in [5.41, 5.74) is -3.82. The predicted octanol–water partition coefficient (Wildman–Crippen LogP) is 2.30. The highest BCUT2D eigenvalue weighted by atomic mass is 19.4. The molecule has 0 aliphatic rings. The number of isocyanates is 1. The van der Waals surface area contributed by atoms with Crippen LogP contribution in [0.25, 0.3) is 0 Å². The van der Waals surface area contributed by atoms with Gasteiger partial charge in [0.25, 0.3) is 0 Å². The minimum atomic E-state index is -5.07. The van der Waals surface area contributed by atoms with Crippen LogP contribution in [0.15, 0.2) is 35.3 Å². The molecule has 0 aliphatic heterocycles. The third-order valence-corrected chi connectivity index (χ3v) is 2.04. The van der Waals surface area contributed by atoms with Crippen molar-refractivity contribution in [3.8, 4) is 0 Å². The summed E-state index contributed by atoms with van der Waals surface area (Å²) < 4.78 is 43.4. The van der Waals surface area contributed by atoms with Crippen LogP contribution in [0.3, 0.4) is 0 Å². The molecule has 4 nitrogen and oxygen atoms in total. The molecular formula is C11H8F3NO3. The molecule has 0 fully saturated rings. The van der Waals surface area contributed by atoms with E-state index in [0.29, 0.717) is 0 Å². The van der Waals surface area contributed by atoms with E-state index in [1.165, 1.54) is 18.2 Å². The van der Waals surface area contributed by atoms with Crippen molar-refractivity contribution in [2.45, 2.75) is 18.8 Å². The van der Waals surface area contributed by atoms with Crippen molar-refractivity contribution in [3.63, 3.8) is 0 Å². The Balaban J connectivity index is 3.48. The van der Waals surface area contributed by atoms with Gasteiger partial charge < -0.3 is 4.74 Å². The first-order chi connectivity index (χ1) is 8.33. The Labute approximate surface area is 100 Å². The van der Waals surface area contributed by atoms with Crippen LogP contribution in [0.5, 0.6) is 0 Å². The van der Waals surface area contributed by atoms with Crippen molar-refractivity contribution in [1.82, 2.24) is 0 Å². The second kappa shape index (κ2) is 5.01. The number of hydrogen-bond acceptors (Lipinski definition) is 4. The highest BCUT2D eigenvalue weighted by Gasteiger charge is 2.60. The number of esters is 1. The number of aliphatic imine (C=N–C) groups is 1. The zero-order chi connectivity index (χ0) is 13.8. The topological polar surface area (TPSA) is 55.7 Å². The minimum Gasteiger partial charge on any atom is -0.422 e. The molecule has 1 atom stereocenters. The maximum absolute atomic E-state index is 13.1. The first kappa shape index (κ1) is 13.9. The van der Waals surface area contributed by atoms with Gasteiger partial charge in [0.05, 0.1) is 0 Å². The fraction of sp³-hybridized carbons (Fsp3) is 0.273. The van der Waals surface area contributed by atoms with Gasteiger partial charge in [0.2, 0.25) is 6.08 Å². The maximum Gasteiger partial charge on any atom is 0.456 e. The summed E-state index contributed by atoms with van der Waals surface area (Å²) in [7, 11) is 0. The van der Waals surface area contributed by atoms with E-state index in [-0.39, 0.29) is 0 Å².